The molecule has 0 amide bonds. The molecule has 2 heterocycles. The zero-order chi connectivity index (χ0) is 20.4. The first kappa shape index (κ1) is 20.0. The predicted molar refractivity (Wildman–Crippen MR) is 114 cm³/mol. The van der Waals surface area contributed by atoms with Crippen molar-refractivity contribution in [3.63, 3.8) is 0 Å². The lowest BCUT2D eigenvalue weighted by atomic mass is 9.98. The lowest BCUT2D eigenvalue weighted by molar-refractivity contribution is 0.110. The fourth-order valence-electron chi connectivity index (χ4n) is 3.87. The first-order chi connectivity index (χ1) is 14.0. The van der Waals surface area contributed by atoms with Gasteiger partial charge in [-0.3, -0.25) is 0 Å². The van der Waals surface area contributed by atoms with E-state index in [1.165, 1.54) is 0 Å². The number of nitrogens with one attached hydrogen (secondary N) is 1. The third-order valence-electron chi connectivity index (χ3n) is 5.52. The highest BCUT2D eigenvalue weighted by molar-refractivity contribution is 6.33. The number of aryl methyl sites for hydroxylation is 1. The van der Waals surface area contributed by atoms with Crippen LogP contribution in [0.15, 0.2) is 45.6 Å². The summed E-state index contributed by atoms with van der Waals surface area (Å²) in [7, 11) is 0. The molecule has 1 atom stereocenters. The zero-order valence-corrected chi connectivity index (χ0v) is 17.1. The average molecular weight is 414 g/mol. The molecule has 0 radical (unpaired) electrons. The summed E-state index contributed by atoms with van der Waals surface area (Å²) >= 11 is 6.30. The van der Waals surface area contributed by atoms with Crippen molar-refractivity contribution in [2.45, 2.75) is 38.8 Å². The molecule has 1 aromatic heterocycles. The van der Waals surface area contributed by atoms with Crippen LogP contribution in [0.25, 0.3) is 11.0 Å². The van der Waals surface area contributed by atoms with Gasteiger partial charge in [-0.25, -0.2) is 4.79 Å². The maximum atomic E-state index is 12.8. The molecule has 152 valence electrons. The minimum atomic E-state index is -0.388. The molecule has 0 saturated carbocycles. The van der Waals surface area contributed by atoms with Gasteiger partial charge < -0.3 is 19.6 Å². The Kier molecular flexibility index (Phi) is 5.90. The Hall–Kier alpha value is -2.34. The van der Waals surface area contributed by atoms with Crippen molar-refractivity contribution in [3.8, 4) is 5.75 Å². The number of hydrogen-bond acceptors (Lipinski definition) is 5. The first-order valence-electron chi connectivity index (χ1n) is 9.87. The van der Waals surface area contributed by atoms with Crippen molar-refractivity contribution in [1.29, 1.82) is 0 Å². The molecular weight excluding hydrogens is 390 g/mol. The van der Waals surface area contributed by atoms with Crippen molar-refractivity contribution in [2.75, 3.05) is 13.2 Å². The van der Waals surface area contributed by atoms with E-state index in [2.05, 4.69) is 5.32 Å². The van der Waals surface area contributed by atoms with Gasteiger partial charge in [0.1, 0.15) is 11.3 Å². The molecule has 2 aromatic carbocycles. The van der Waals surface area contributed by atoms with Gasteiger partial charge in [-0.15, -0.1) is 0 Å². The third kappa shape index (κ3) is 4.17. The Bertz CT molecular complexity index is 1070. The van der Waals surface area contributed by atoms with Crippen molar-refractivity contribution in [3.05, 3.63) is 74.1 Å². The van der Waals surface area contributed by atoms with Gasteiger partial charge in [0.15, 0.2) is 0 Å². The maximum Gasteiger partial charge on any atom is 0.340 e. The second-order valence-electron chi connectivity index (χ2n) is 7.48. The summed E-state index contributed by atoms with van der Waals surface area (Å²) in [5.41, 5.74) is 2.95. The summed E-state index contributed by atoms with van der Waals surface area (Å²) in [5.74, 6) is -0.0580. The van der Waals surface area contributed by atoms with Crippen LogP contribution in [-0.4, -0.2) is 24.4 Å². The van der Waals surface area contributed by atoms with Crippen molar-refractivity contribution in [1.82, 2.24) is 5.32 Å². The SMILES string of the molecule is Cc1c(Cc2ccccc2)c(=O)oc2c(CNC[C@@H]3CCCO3)c(O)c(Cl)cc12. The van der Waals surface area contributed by atoms with E-state index in [0.717, 1.165) is 36.0 Å². The summed E-state index contributed by atoms with van der Waals surface area (Å²) in [4.78, 5) is 12.8. The van der Waals surface area contributed by atoms with Crippen LogP contribution < -0.4 is 10.9 Å². The van der Waals surface area contributed by atoms with Crippen molar-refractivity contribution in [2.24, 2.45) is 0 Å². The number of hydrogen-bond donors (Lipinski definition) is 2. The lowest BCUT2D eigenvalue weighted by Crippen LogP contribution is -2.26. The molecule has 6 heteroatoms. The van der Waals surface area contributed by atoms with Gasteiger partial charge in [0.2, 0.25) is 0 Å². The van der Waals surface area contributed by atoms with E-state index in [4.69, 9.17) is 20.8 Å². The van der Waals surface area contributed by atoms with Crippen molar-refractivity contribution < 1.29 is 14.3 Å². The Morgan fingerprint density at radius 1 is 1.24 bits per heavy atom. The van der Waals surface area contributed by atoms with Crippen LogP contribution in [0.2, 0.25) is 5.02 Å². The molecule has 1 saturated heterocycles. The molecule has 29 heavy (non-hydrogen) atoms. The molecule has 1 fully saturated rings. The third-order valence-corrected chi connectivity index (χ3v) is 5.81. The van der Waals surface area contributed by atoms with Crippen molar-refractivity contribution >= 4 is 22.6 Å². The number of halogens is 1. The Morgan fingerprint density at radius 2 is 2.03 bits per heavy atom. The van der Waals surface area contributed by atoms with E-state index < -0.39 is 0 Å². The van der Waals surface area contributed by atoms with Crippen LogP contribution in [-0.2, 0) is 17.7 Å². The van der Waals surface area contributed by atoms with E-state index in [1.807, 2.05) is 37.3 Å². The number of fused-ring (bicyclic) bond motifs is 1. The number of ether oxygens (including phenoxy) is 1. The van der Waals surface area contributed by atoms with E-state index >= 15 is 0 Å². The molecular formula is C23H24ClNO4. The van der Waals surface area contributed by atoms with E-state index in [9.17, 15) is 9.90 Å². The van der Waals surface area contributed by atoms with Gasteiger partial charge in [-0.1, -0.05) is 41.9 Å². The first-order valence-corrected chi connectivity index (χ1v) is 10.2. The Balaban J connectivity index is 1.70. The fraction of sp³-hybridized carbons (Fsp3) is 0.348. The highest BCUT2D eigenvalue weighted by atomic mass is 35.5. The predicted octanol–water partition coefficient (Wildman–Crippen LogP) is 4.32. The van der Waals surface area contributed by atoms with Gasteiger partial charge in [0.05, 0.1) is 16.7 Å². The monoisotopic (exact) mass is 413 g/mol. The maximum absolute atomic E-state index is 12.8. The number of aromatic hydroxyl groups is 1. The summed E-state index contributed by atoms with van der Waals surface area (Å²) < 4.78 is 11.3. The van der Waals surface area contributed by atoms with Gasteiger partial charge in [0.25, 0.3) is 0 Å². The quantitative estimate of drug-likeness (QED) is 0.589. The lowest BCUT2D eigenvalue weighted by Gasteiger charge is -2.15. The minimum absolute atomic E-state index is 0.0580. The molecule has 5 nitrogen and oxygen atoms in total. The van der Waals surface area contributed by atoms with Gasteiger partial charge in [0, 0.05) is 37.1 Å². The molecule has 0 unspecified atom stereocenters. The highest BCUT2D eigenvalue weighted by Crippen LogP contribution is 2.36. The topological polar surface area (TPSA) is 71.7 Å². The molecule has 1 aliphatic heterocycles. The smallest absolute Gasteiger partial charge is 0.340 e. The van der Waals surface area contributed by atoms with E-state index in [0.29, 0.717) is 36.2 Å². The number of phenols is 1. The van der Waals surface area contributed by atoms with Crippen LogP contribution in [0.1, 0.15) is 35.1 Å². The van der Waals surface area contributed by atoms with E-state index in [-0.39, 0.29) is 22.5 Å². The summed E-state index contributed by atoms with van der Waals surface area (Å²) in [5, 5.41) is 14.8. The molecule has 4 rings (SSSR count). The largest absolute Gasteiger partial charge is 0.506 e. The average Bonchev–Trinajstić information content (AvgIpc) is 3.23. The van der Waals surface area contributed by atoms with Crippen LogP contribution in [0, 0.1) is 6.92 Å². The number of rotatable bonds is 6. The summed E-state index contributed by atoms with van der Waals surface area (Å²) in [6.45, 7) is 3.69. The zero-order valence-electron chi connectivity index (χ0n) is 16.3. The summed E-state index contributed by atoms with van der Waals surface area (Å²) in [6.07, 6.45) is 2.74. The minimum Gasteiger partial charge on any atom is -0.506 e. The highest BCUT2D eigenvalue weighted by Gasteiger charge is 2.20. The van der Waals surface area contributed by atoms with Crippen LogP contribution in [0.5, 0.6) is 5.75 Å². The van der Waals surface area contributed by atoms with Crippen LogP contribution >= 0.6 is 11.6 Å². The second-order valence-corrected chi connectivity index (χ2v) is 7.89. The summed E-state index contributed by atoms with van der Waals surface area (Å²) in [6, 6.07) is 11.5. The molecule has 0 spiro atoms. The Morgan fingerprint density at radius 3 is 2.76 bits per heavy atom. The molecule has 2 N–H and O–H groups in total. The van der Waals surface area contributed by atoms with Crippen LogP contribution in [0.3, 0.4) is 0 Å². The van der Waals surface area contributed by atoms with Crippen LogP contribution in [0.4, 0.5) is 0 Å². The van der Waals surface area contributed by atoms with Gasteiger partial charge >= 0.3 is 5.63 Å². The van der Waals surface area contributed by atoms with Gasteiger partial charge in [-0.05, 0) is 37.0 Å². The Labute approximate surface area is 174 Å². The molecule has 0 aliphatic carbocycles. The molecule has 1 aliphatic rings. The molecule has 3 aromatic rings. The molecule has 0 bridgehead atoms. The normalized spacial score (nSPS) is 16.6. The van der Waals surface area contributed by atoms with E-state index in [1.54, 1.807) is 6.07 Å². The number of benzene rings is 2. The fourth-order valence-corrected chi connectivity index (χ4v) is 4.10. The number of phenolic OH excluding ortho intramolecular Hbond substituents is 1. The van der Waals surface area contributed by atoms with Gasteiger partial charge in [-0.2, -0.15) is 0 Å². The standard InChI is InChI=1S/C23H24ClNO4/c1-14-17-11-20(24)21(26)19(13-25-12-16-8-5-9-28-16)22(17)29-23(27)18(14)10-15-6-3-2-4-7-15/h2-4,6-7,11,16,25-26H,5,8-10,12-13H2,1H3/t16-/m0/s1. The second kappa shape index (κ2) is 8.57.